The van der Waals surface area contributed by atoms with Crippen molar-refractivity contribution in [1.29, 1.82) is 0 Å². The van der Waals surface area contributed by atoms with Crippen molar-refractivity contribution in [1.82, 2.24) is 0 Å². The Kier molecular flexibility index (Phi) is 5.48. The van der Waals surface area contributed by atoms with E-state index in [4.69, 9.17) is 10.5 Å². The monoisotopic (exact) mass is 217 g/mol. The van der Waals surface area contributed by atoms with E-state index in [1.165, 1.54) is 7.11 Å². The number of nitrogen functional groups attached to an aromatic ring is 1. The Bertz CT molecular complexity index is 304. The van der Waals surface area contributed by atoms with Crippen LogP contribution in [0, 0.1) is 0 Å². The summed E-state index contributed by atoms with van der Waals surface area (Å²) in [6.45, 7) is -0.120. The normalized spacial score (nSPS) is 8.64. The van der Waals surface area contributed by atoms with Gasteiger partial charge in [-0.3, -0.25) is 0 Å². The summed E-state index contributed by atoms with van der Waals surface area (Å²) >= 11 is 0. The zero-order chi connectivity index (χ0) is 9.68. The molecular weight excluding hydrogens is 206 g/mol. The highest BCUT2D eigenvalue weighted by molar-refractivity contribution is 5.85. The summed E-state index contributed by atoms with van der Waals surface area (Å²) in [5.74, 6) is 0.0659. The Balaban J connectivity index is 0.00000169. The van der Waals surface area contributed by atoms with Crippen molar-refractivity contribution < 1.29 is 14.3 Å². The van der Waals surface area contributed by atoms with E-state index in [2.05, 4.69) is 4.74 Å². The molecule has 5 heteroatoms. The van der Waals surface area contributed by atoms with E-state index < -0.39 is 5.97 Å². The standard InChI is InChI=1S/C9H11NO3.ClH/c1-12-9(11)6-13-8-5-3-2-4-7(8)10;/h2-5H,6,10H2,1H3;1H. The molecule has 2 N–H and O–H groups in total. The first-order chi connectivity index (χ1) is 6.24. The maximum atomic E-state index is 10.7. The number of hydrogen-bond acceptors (Lipinski definition) is 4. The third-order valence-electron chi connectivity index (χ3n) is 1.49. The first-order valence-electron chi connectivity index (χ1n) is 3.78. The molecule has 0 aliphatic heterocycles. The van der Waals surface area contributed by atoms with Crippen LogP contribution in [0.1, 0.15) is 0 Å². The molecule has 1 aromatic rings. The van der Waals surface area contributed by atoms with Crippen molar-refractivity contribution in [3.63, 3.8) is 0 Å². The topological polar surface area (TPSA) is 61.5 Å². The van der Waals surface area contributed by atoms with E-state index >= 15 is 0 Å². The molecule has 0 heterocycles. The van der Waals surface area contributed by atoms with Crippen LogP contribution >= 0.6 is 12.4 Å². The van der Waals surface area contributed by atoms with Crippen molar-refractivity contribution >= 4 is 24.1 Å². The molecule has 0 aromatic heterocycles. The van der Waals surface area contributed by atoms with E-state index in [1.807, 2.05) is 0 Å². The molecule has 1 rings (SSSR count). The second-order valence-corrected chi connectivity index (χ2v) is 2.40. The van der Waals surface area contributed by atoms with Gasteiger partial charge in [-0.15, -0.1) is 12.4 Å². The van der Waals surface area contributed by atoms with Crippen LogP contribution in [-0.2, 0) is 9.53 Å². The van der Waals surface area contributed by atoms with Crippen LogP contribution in [0.2, 0.25) is 0 Å². The van der Waals surface area contributed by atoms with Gasteiger partial charge in [0, 0.05) is 0 Å². The van der Waals surface area contributed by atoms with Crippen molar-refractivity contribution in [3.05, 3.63) is 24.3 Å². The number of halogens is 1. The first kappa shape index (κ1) is 12.6. The zero-order valence-electron chi connectivity index (χ0n) is 7.73. The van der Waals surface area contributed by atoms with E-state index in [1.54, 1.807) is 24.3 Å². The van der Waals surface area contributed by atoms with Crippen molar-refractivity contribution in [2.45, 2.75) is 0 Å². The lowest BCUT2D eigenvalue weighted by atomic mass is 10.3. The minimum atomic E-state index is -0.428. The highest BCUT2D eigenvalue weighted by Crippen LogP contribution is 2.19. The number of methoxy groups -OCH3 is 1. The smallest absolute Gasteiger partial charge is 0.343 e. The second-order valence-electron chi connectivity index (χ2n) is 2.40. The summed E-state index contributed by atoms with van der Waals surface area (Å²) in [6.07, 6.45) is 0. The molecule has 0 saturated carbocycles. The summed E-state index contributed by atoms with van der Waals surface area (Å²) < 4.78 is 9.50. The summed E-state index contributed by atoms with van der Waals surface area (Å²) in [5.41, 5.74) is 6.08. The molecule has 0 saturated heterocycles. The molecule has 0 aliphatic rings. The van der Waals surface area contributed by atoms with Crippen LogP contribution in [0.15, 0.2) is 24.3 Å². The molecule has 0 aliphatic carbocycles. The summed E-state index contributed by atoms with van der Waals surface area (Å²) in [6, 6.07) is 6.97. The number of anilines is 1. The molecular formula is C9H12ClNO3. The van der Waals surface area contributed by atoms with Crippen LogP contribution in [0.3, 0.4) is 0 Å². The average molecular weight is 218 g/mol. The molecule has 1 aromatic carbocycles. The van der Waals surface area contributed by atoms with Crippen LogP contribution in [0.25, 0.3) is 0 Å². The van der Waals surface area contributed by atoms with Gasteiger partial charge in [-0.1, -0.05) is 12.1 Å². The summed E-state index contributed by atoms with van der Waals surface area (Å²) in [4.78, 5) is 10.7. The predicted octanol–water partition coefficient (Wildman–Crippen LogP) is 1.24. The van der Waals surface area contributed by atoms with E-state index in [0.29, 0.717) is 11.4 Å². The molecule has 0 bridgehead atoms. The largest absolute Gasteiger partial charge is 0.480 e. The molecule has 0 spiro atoms. The Morgan fingerprint density at radius 3 is 2.64 bits per heavy atom. The number of hydrogen-bond donors (Lipinski definition) is 1. The molecule has 0 fully saturated rings. The quantitative estimate of drug-likeness (QED) is 0.611. The number of rotatable bonds is 3. The second kappa shape index (κ2) is 6.10. The molecule has 14 heavy (non-hydrogen) atoms. The fraction of sp³-hybridized carbons (Fsp3) is 0.222. The Labute approximate surface area is 88.4 Å². The van der Waals surface area contributed by atoms with Gasteiger partial charge >= 0.3 is 5.97 Å². The van der Waals surface area contributed by atoms with Crippen LogP contribution < -0.4 is 10.5 Å². The highest BCUT2D eigenvalue weighted by atomic mass is 35.5. The van der Waals surface area contributed by atoms with Crippen molar-refractivity contribution in [3.8, 4) is 5.75 Å². The fourth-order valence-electron chi connectivity index (χ4n) is 0.808. The zero-order valence-corrected chi connectivity index (χ0v) is 8.54. The number of carbonyl (C=O) groups is 1. The molecule has 0 unspecified atom stereocenters. The third kappa shape index (κ3) is 3.53. The number of nitrogens with two attached hydrogens (primary N) is 1. The van der Waals surface area contributed by atoms with Gasteiger partial charge < -0.3 is 15.2 Å². The van der Waals surface area contributed by atoms with Gasteiger partial charge in [-0.25, -0.2) is 4.79 Å². The van der Waals surface area contributed by atoms with Gasteiger partial charge in [0.1, 0.15) is 5.75 Å². The molecule has 4 nitrogen and oxygen atoms in total. The van der Waals surface area contributed by atoms with Crippen molar-refractivity contribution in [2.75, 3.05) is 19.5 Å². The third-order valence-corrected chi connectivity index (χ3v) is 1.49. The number of benzene rings is 1. The van der Waals surface area contributed by atoms with Gasteiger partial charge in [0.2, 0.25) is 0 Å². The van der Waals surface area contributed by atoms with E-state index in [9.17, 15) is 4.79 Å². The molecule has 78 valence electrons. The van der Waals surface area contributed by atoms with E-state index in [0.717, 1.165) is 0 Å². The minimum Gasteiger partial charge on any atom is -0.480 e. The van der Waals surface area contributed by atoms with Gasteiger partial charge in [0.25, 0.3) is 0 Å². The van der Waals surface area contributed by atoms with Gasteiger partial charge in [-0.05, 0) is 12.1 Å². The lowest BCUT2D eigenvalue weighted by molar-refractivity contribution is -0.142. The van der Waals surface area contributed by atoms with Crippen LogP contribution in [0.4, 0.5) is 5.69 Å². The predicted molar refractivity (Wildman–Crippen MR) is 55.6 cm³/mol. The summed E-state index contributed by atoms with van der Waals surface area (Å²) in [5, 5.41) is 0. The minimum absolute atomic E-state index is 0. The van der Waals surface area contributed by atoms with Gasteiger partial charge in [-0.2, -0.15) is 0 Å². The number of ether oxygens (including phenoxy) is 2. The highest BCUT2D eigenvalue weighted by Gasteiger charge is 2.03. The van der Waals surface area contributed by atoms with Crippen LogP contribution in [0.5, 0.6) is 5.75 Å². The van der Waals surface area contributed by atoms with Crippen molar-refractivity contribution in [2.24, 2.45) is 0 Å². The Morgan fingerprint density at radius 2 is 2.07 bits per heavy atom. The fourth-order valence-corrected chi connectivity index (χ4v) is 0.808. The summed E-state index contributed by atoms with van der Waals surface area (Å²) in [7, 11) is 1.31. The molecule has 0 amide bonds. The molecule has 0 radical (unpaired) electrons. The maximum absolute atomic E-state index is 10.7. The SMILES string of the molecule is COC(=O)COc1ccccc1N.Cl. The number of esters is 1. The van der Waals surface area contributed by atoms with Gasteiger partial charge in [0.15, 0.2) is 6.61 Å². The number of carbonyl (C=O) groups excluding carboxylic acids is 1. The maximum Gasteiger partial charge on any atom is 0.343 e. The lowest BCUT2D eigenvalue weighted by Gasteiger charge is -2.06. The Morgan fingerprint density at radius 1 is 1.43 bits per heavy atom. The van der Waals surface area contributed by atoms with Gasteiger partial charge in [0.05, 0.1) is 12.8 Å². The Hall–Kier alpha value is -1.42. The van der Waals surface area contributed by atoms with E-state index in [-0.39, 0.29) is 19.0 Å². The number of para-hydroxylation sites is 2. The molecule has 0 atom stereocenters. The average Bonchev–Trinajstić information content (AvgIpc) is 2.16. The first-order valence-corrected chi connectivity index (χ1v) is 3.78. The lowest BCUT2D eigenvalue weighted by Crippen LogP contribution is -2.13. The van der Waals surface area contributed by atoms with Crippen LogP contribution in [-0.4, -0.2) is 19.7 Å².